The molecule has 1 rings (SSSR count). The van der Waals surface area contributed by atoms with Gasteiger partial charge in [-0.05, 0) is 6.42 Å². The summed E-state index contributed by atoms with van der Waals surface area (Å²) in [6, 6.07) is 0. The van der Waals surface area contributed by atoms with Crippen LogP contribution >= 0.6 is 0 Å². The van der Waals surface area contributed by atoms with E-state index in [0.717, 1.165) is 12.8 Å². The van der Waals surface area contributed by atoms with Crippen LogP contribution in [-0.2, 0) is 9.47 Å². The second-order valence-corrected chi connectivity index (χ2v) is 3.13. The van der Waals surface area contributed by atoms with Crippen molar-refractivity contribution in [2.45, 2.75) is 33.0 Å². The Kier molecular flexibility index (Phi) is 3.41. The molecule has 0 bridgehead atoms. The third-order valence-corrected chi connectivity index (χ3v) is 1.97. The molecule has 0 aromatic carbocycles. The second-order valence-electron chi connectivity index (χ2n) is 3.13. The first-order valence-corrected chi connectivity index (χ1v) is 4.40. The Balaban J connectivity index is 2.30. The molecule has 0 radical (unpaired) electrons. The number of hydrogen-bond donors (Lipinski definition) is 1. The van der Waals surface area contributed by atoms with Crippen molar-refractivity contribution < 1.29 is 14.6 Å². The van der Waals surface area contributed by atoms with E-state index < -0.39 is 0 Å². The van der Waals surface area contributed by atoms with E-state index in [1.54, 1.807) is 0 Å². The summed E-state index contributed by atoms with van der Waals surface area (Å²) in [6.07, 6.45) is 3.51. The first-order valence-electron chi connectivity index (χ1n) is 4.40. The molecule has 1 N–H and O–H groups in total. The van der Waals surface area contributed by atoms with Crippen LogP contribution in [-0.4, -0.2) is 18.0 Å². The summed E-state index contributed by atoms with van der Waals surface area (Å²) in [6.45, 7) is 4.14. The van der Waals surface area contributed by atoms with Gasteiger partial charge in [-0.2, -0.15) is 0 Å². The van der Waals surface area contributed by atoms with Gasteiger partial charge in [0.05, 0.1) is 0 Å². The Bertz CT molecular complexity index is 165. The van der Waals surface area contributed by atoms with Crippen molar-refractivity contribution in [3.05, 3.63) is 12.0 Å². The fraction of sp³-hybridized carbons (Fsp3) is 0.778. The SMILES string of the molecule is CCCC(C)C1OC=C(CO)O1. The normalized spacial score (nSPS) is 24.2. The van der Waals surface area contributed by atoms with Crippen molar-refractivity contribution in [1.82, 2.24) is 0 Å². The lowest BCUT2D eigenvalue weighted by Crippen LogP contribution is -2.19. The minimum atomic E-state index is -0.188. The highest BCUT2D eigenvalue weighted by molar-refractivity contribution is 4.92. The quantitative estimate of drug-likeness (QED) is 0.700. The zero-order valence-corrected chi connectivity index (χ0v) is 7.62. The van der Waals surface area contributed by atoms with Gasteiger partial charge in [-0.1, -0.05) is 20.3 Å². The van der Waals surface area contributed by atoms with Crippen LogP contribution in [0.4, 0.5) is 0 Å². The Labute approximate surface area is 73.0 Å². The fourth-order valence-electron chi connectivity index (χ4n) is 1.26. The molecule has 0 aromatic rings. The molecule has 3 heteroatoms. The van der Waals surface area contributed by atoms with Crippen LogP contribution in [0.15, 0.2) is 12.0 Å². The minimum Gasteiger partial charge on any atom is -0.459 e. The third-order valence-electron chi connectivity index (χ3n) is 1.97. The highest BCUT2D eigenvalue weighted by Crippen LogP contribution is 2.23. The topological polar surface area (TPSA) is 38.7 Å². The van der Waals surface area contributed by atoms with E-state index in [-0.39, 0.29) is 12.9 Å². The van der Waals surface area contributed by atoms with Crippen LogP contribution in [0.25, 0.3) is 0 Å². The van der Waals surface area contributed by atoms with Gasteiger partial charge in [0, 0.05) is 5.92 Å². The number of aliphatic hydroxyl groups is 1. The Hall–Kier alpha value is -0.700. The number of aliphatic hydroxyl groups excluding tert-OH is 1. The predicted octanol–water partition coefficient (Wildman–Crippen LogP) is 1.63. The predicted molar refractivity (Wildman–Crippen MR) is 45.2 cm³/mol. The summed E-state index contributed by atoms with van der Waals surface area (Å²) < 4.78 is 10.5. The average Bonchev–Trinajstić information content (AvgIpc) is 2.52. The van der Waals surface area contributed by atoms with Crippen molar-refractivity contribution >= 4 is 0 Å². The lowest BCUT2D eigenvalue weighted by Gasteiger charge is -2.17. The zero-order chi connectivity index (χ0) is 8.97. The van der Waals surface area contributed by atoms with E-state index in [1.165, 1.54) is 6.26 Å². The molecule has 12 heavy (non-hydrogen) atoms. The Morgan fingerprint density at radius 1 is 1.67 bits per heavy atom. The van der Waals surface area contributed by atoms with Crippen LogP contribution in [0.3, 0.4) is 0 Å². The van der Waals surface area contributed by atoms with Crippen molar-refractivity contribution in [3.63, 3.8) is 0 Å². The van der Waals surface area contributed by atoms with Crippen LogP contribution in [0.5, 0.6) is 0 Å². The van der Waals surface area contributed by atoms with Crippen LogP contribution in [0.2, 0.25) is 0 Å². The third kappa shape index (κ3) is 2.14. The highest BCUT2D eigenvalue weighted by atomic mass is 16.7. The van der Waals surface area contributed by atoms with E-state index in [9.17, 15) is 0 Å². The molecule has 0 amide bonds. The molecule has 0 saturated heterocycles. The molecule has 0 saturated carbocycles. The van der Waals surface area contributed by atoms with Crippen molar-refractivity contribution in [2.75, 3.05) is 6.61 Å². The summed E-state index contributed by atoms with van der Waals surface area (Å²) in [5, 5.41) is 8.72. The van der Waals surface area contributed by atoms with Crippen LogP contribution in [0, 0.1) is 5.92 Å². The summed E-state index contributed by atoms with van der Waals surface area (Å²) in [5.41, 5.74) is 0. The molecule has 2 atom stereocenters. The molecule has 0 spiro atoms. The van der Waals surface area contributed by atoms with Crippen molar-refractivity contribution in [3.8, 4) is 0 Å². The number of ether oxygens (including phenoxy) is 2. The Morgan fingerprint density at radius 3 is 2.92 bits per heavy atom. The van der Waals surface area contributed by atoms with Crippen molar-refractivity contribution in [2.24, 2.45) is 5.92 Å². The van der Waals surface area contributed by atoms with Crippen LogP contribution in [0.1, 0.15) is 26.7 Å². The van der Waals surface area contributed by atoms with E-state index in [1.807, 2.05) is 0 Å². The molecule has 1 aliphatic heterocycles. The Morgan fingerprint density at radius 2 is 2.42 bits per heavy atom. The first-order chi connectivity index (χ1) is 5.77. The van der Waals surface area contributed by atoms with Gasteiger partial charge in [0.1, 0.15) is 12.9 Å². The molecule has 1 heterocycles. The van der Waals surface area contributed by atoms with Gasteiger partial charge in [-0.25, -0.2) is 0 Å². The summed E-state index contributed by atoms with van der Waals surface area (Å²) in [7, 11) is 0. The first kappa shape index (κ1) is 9.39. The molecule has 3 nitrogen and oxygen atoms in total. The van der Waals surface area contributed by atoms with Gasteiger partial charge in [0.15, 0.2) is 5.76 Å². The minimum absolute atomic E-state index is 0.0741. The van der Waals surface area contributed by atoms with Gasteiger partial charge >= 0.3 is 0 Å². The van der Waals surface area contributed by atoms with Gasteiger partial charge < -0.3 is 14.6 Å². The number of hydrogen-bond acceptors (Lipinski definition) is 3. The number of rotatable bonds is 4. The molecular formula is C9H16O3. The van der Waals surface area contributed by atoms with Gasteiger partial charge in [-0.3, -0.25) is 0 Å². The standard InChI is InChI=1S/C9H16O3/c1-3-4-7(2)9-11-6-8(5-10)12-9/h6-7,9-10H,3-5H2,1-2H3. The lowest BCUT2D eigenvalue weighted by molar-refractivity contribution is -0.0753. The smallest absolute Gasteiger partial charge is 0.242 e. The highest BCUT2D eigenvalue weighted by Gasteiger charge is 2.24. The molecule has 1 aliphatic rings. The maximum absolute atomic E-state index is 8.72. The maximum Gasteiger partial charge on any atom is 0.242 e. The maximum atomic E-state index is 8.72. The molecule has 0 aromatic heterocycles. The molecular weight excluding hydrogens is 156 g/mol. The van der Waals surface area contributed by atoms with E-state index >= 15 is 0 Å². The van der Waals surface area contributed by atoms with Gasteiger partial charge in [0.2, 0.25) is 6.29 Å². The van der Waals surface area contributed by atoms with Crippen molar-refractivity contribution in [1.29, 1.82) is 0 Å². The summed E-state index contributed by atoms with van der Waals surface area (Å²) in [4.78, 5) is 0. The van der Waals surface area contributed by atoms with E-state index in [2.05, 4.69) is 13.8 Å². The molecule has 0 fully saturated rings. The monoisotopic (exact) mass is 172 g/mol. The average molecular weight is 172 g/mol. The summed E-state index contributed by atoms with van der Waals surface area (Å²) in [5.74, 6) is 0.915. The van der Waals surface area contributed by atoms with Gasteiger partial charge in [-0.15, -0.1) is 0 Å². The lowest BCUT2D eigenvalue weighted by atomic mass is 10.1. The zero-order valence-electron chi connectivity index (χ0n) is 7.62. The summed E-state index contributed by atoms with van der Waals surface area (Å²) >= 11 is 0. The van der Waals surface area contributed by atoms with E-state index in [4.69, 9.17) is 14.6 Å². The molecule has 2 unspecified atom stereocenters. The second kappa shape index (κ2) is 4.36. The van der Waals surface area contributed by atoms with Crippen LogP contribution < -0.4 is 0 Å². The largest absolute Gasteiger partial charge is 0.459 e. The van der Waals surface area contributed by atoms with E-state index in [0.29, 0.717) is 11.7 Å². The molecule has 70 valence electrons. The van der Waals surface area contributed by atoms with Gasteiger partial charge in [0.25, 0.3) is 0 Å². The molecule has 0 aliphatic carbocycles. The fourth-order valence-corrected chi connectivity index (χ4v) is 1.26.